The first-order valence-corrected chi connectivity index (χ1v) is 13.7. The van der Waals surface area contributed by atoms with Crippen LogP contribution in [-0.4, -0.2) is 42.1 Å². The molecule has 0 aliphatic carbocycles. The van der Waals surface area contributed by atoms with Gasteiger partial charge < -0.3 is 15.1 Å². The molecule has 5 rings (SSSR count). The van der Waals surface area contributed by atoms with Gasteiger partial charge in [0.1, 0.15) is 11.6 Å². The number of hydrogen-bond donors (Lipinski definition) is 1. The van der Waals surface area contributed by atoms with E-state index in [0.29, 0.717) is 28.7 Å². The van der Waals surface area contributed by atoms with Gasteiger partial charge in [0.15, 0.2) is 5.16 Å². The van der Waals surface area contributed by atoms with Crippen LogP contribution in [0.2, 0.25) is 0 Å². The van der Waals surface area contributed by atoms with E-state index in [4.69, 9.17) is 4.98 Å². The van der Waals surface area contributed by atoms with Gasteiger partial charge in [-0.05, 0) is 42.3 Å². The first-order valence-electron chi connectivity index (χ1n) is 12.7. The minimum Gasteiger partial charge on any atom is -0.366 e. The number of amides is 1. The van der Waals surface area contributed by atoms with Crippen LogP contribution in [0.15, 0.2) is 90.1 Å². The average molecular weight is 528 g/mol. The molecule has 8 heteroatoms. The highest BCUT2D eigenvalue weighted by atomic mass is 32.2. The molecule has 1 amide bonds. The molecule has 3 aromatic carbocycles. The number of nitrogens with one attached hydrogen (secondary N) is 1. The fraction of sp³-hybridized carbons (Fsp3) is 0.233. The van der Waals surface area contributed by atoms with E-state index in [1.807, 2.05) is 79.7 Å². The summed E-state index contributed by atoms with van der Waals surface area (Å²) in [4.78, 5) is 26.4. The van der Waals surface area contributed by atoms with Gasteiger partial charge >= 0.3 is 0 Å². The molecule has 1 aromatic heterocycles. The Kier molecular flexibility index (Phi) is 8.19. The van der Waals surface area contributed by atoms with Crippen molar-refractivity contribution in [3.05, 3.63) is 113 Å². The Bertz CT molecular complexity index is 1390. The lowest BCUT2D eigenvalue weighted by atomic mass is 10.1. The van der Waals surface area contributed by atoms with Gasteiger partial charge in [-0.25, -0.2) is 14.4 Å². The molecular weight excluding hydrogens is 497 g/mol. The Morgan fingerprint density at radius 1 is 0.868 bits per heavy atom. The van der Waals surface area contributed by atoms with E-state index in [1.54, 1.807) is 17.8 Å². The van der Waals surface area contributed by atoms with E-state index in [2.05, 4.69) is 20.1 Å². The maximum Gasteiger partial charge on any atom is 0.251 e. The van der Waals surface area contributed by atoms with Crippen LogP contribution in [-0.2, 0) is 12.3 Å². The number of carbonyl (C=O) groups excluding carboxylic acids is 1. The number of carbonyl (C=O) groups is 1. The molecule has 1 aliphatic rings. The molecule has 1 aliphatic heterocycles. The van der Waals surface area contributed by atoms with E-state index in [9.17, 15) is 9.18 Å². The summed E-state index contributed by atoms with van der Waals surface area (Å²) in [5, 5.41) is 3.69. The standard InChI is InChI=1S/C30H30FN5OS/c1-22-18-28(36-16-14-35(15-17-36)27-13-6-5-12-26(27)31)34-30(33-22)38-21-24-10-7-11-25(19-24)29(37)32-20-23-8-3-2-4-9-23/h2-13,18-19H,14-17,20-21H2,1H3,(H,32,37). The maximum absolute atomic E-state index is 14.2. The topological polar surface area (TPSA) is 61.4 Å². The Hall–Kier alpha value is -3.91. The van der Waals surface area contributed by atoms with Crippen LogP contribution < -0.4 is 15.1 Å². The normalized spacial score (nSPS) is 13.4. The average Bonchev–Trinajstić information content (AvgIpc) is 2.96. The summed E-state index contributed by atoms with van der Waals surface area (Å²) >= 11 is 1.56. The predicted octanol–water partition coefficient (Wildman–Crippen LogP) is 5.47. The molecule has 4 aromatic rings. The lowest BCUT2D eigenvalue weighted by Crippen LogP contribution is -2.47. The number of benzene rings is 3. The van der Waals surface area contributed by atoms with E-state index in [0.717, 1.165) is 48.8 Å². The van der Waals surface area contributed by atoms with Gasteiger partial charge in [0.25, 0.3) is 5.91 Å². The molecule has 194 valence electrons. The van der Waals surface area contributed by atoms with E-state index < -0.39 is 0 Å². The number of halogens is 1. The summed E-state index contributed by atoms with van der Waals surface area (Å²) < 4.78 is 14.2. The van der Waals surface area contributed by atoms with E-state index in [-0.39, 0.29) is 11.7 Å². The smallest absolute Gasteiger partial charge is 0.251 e. The van der Waals surface area contributed by atoms with Crippen molar-refractivity contribution in [2.24, 2.45) is 0 Å². The molecular formula is C30H30FN5OS. The fourth-order valence-corrected chi connectivity index (χ4v) is 5.31. The largest absolute Gasteiger partial charge is 0.366 e. The van der Waals surface area contributed by atoms with Gasteiger partial charge in [-0.15, -0.1) is 0 Å². The van der Waals surface area contributed by atoms with Crippen LogP contribution in [0.25, 0.3) is 0 Å². The molecule has 1 N–H and O–H groups in total. The number of hydrogen-bond acceptors (Lipinski definition) is 6. The van der Waals surface area contributed by atoms with Crippen molar-refractivity contribution < 1.29 is 9.18 Å². The second-order valence-corrected chi connectivity index (χ2v) is 10.2. The number of rotatable bonds is 8. The van der Waals surface area contributed by atoms with Crippen molar-refractivity contribution in [1.82, 2.24) is 15.3 Å². The monoisotopic (exact) mass is 527 g/mol. The predicted molar refractivity (Wildman–Crippen MR) is 151 cm³/mol. The van der Waals surface area contributed by atoms with Crippen LogP contribution in [0.1, 0.15) is 27.2 Å². The molecule has 1 saturated heterocycles. The Morgan fingerprint density at radius 2 is 1.58 bits per heavy atom. The molecule has 0 saturated carbocycles. The summed E-state index contributed by atoms with van der Waals surface area (Å²) in [6, 6.07) is 26.5. The van der Waals surface area contributed by atoms with Crippen molar-refractivity contribution >= 4 is 29.2 Å². The maximum atomic E-state index is 14.2. The highest BCUT2D eigenvalue weighted by molar-refractivity contribution is 7.98. The first-order chi connectivity index (χ1) is 18.5. The molecule has 0 bridgehead atoms. The summed E-state index contributed by atoms with van der Waals surface area (Å²) in [5.41, 5.74) is 4.29. The van der Waals surface area contributed by atoms with E-state index >= 15 is 0 Å². The second-order valence-electron chi connectivity index (χ2n) is 9.23. The first kappa shape index (κ1) is 25.7. The van der Waals surface area contributed by atoms with Crippen LogP contribution in [0, 0.1) is 12.7 Å². The summed E-state index contributed by atoms with van der Waals surface area (Å²) in [6.45, 7) is 5.44. The number of aromatic nitrogens is 2. The number of nitrogens with zero attached hydrogens (tertiary/aromatic N) is 4. The minimum absolute atomic E-state index is 0.0932. The van der Waals surface area contributed by atoms with Crippen molar-refractivity contribution in [2.75, 3.05) is 36.0 Å². The van der Waals surface area contributed by atoms with E-state index in [1.165, 1.54) is 6.07 Å². The zero-order valence-corrected chi connectivity index (χ0v) is 22.1. The fourth-order valence-electron chi connectivity index (χ4n) is 4.47. The molecule has 0 unspecified atom stereocenters. The Morgan fingerprint density at radius 3 is 2.37 bits per heavy atom. The van der Waals surface area contributed by atoms with Gasteiger partial charge in [0.05, 0.1) is 5.69 Å². The van der Waals surface area contributed by atoms with Crippen molar-refractivity contribution in [3.63, 3.8) is 0 Å². The highest BCUT2D eigenvalue weighted by Gasteiger charge is 2.21. The molecule has 0 radical (unpaired) electrons. The summed E-state index contributed by atoms with van der Waals surface area (Å²) in [7, 11) is 0. The van der Waals surface area contributed by atoms with Gasteiger partial charge in [-0.3, -0.25) is 4.79 Å². The van der Waals surface area contributed by atoms with Crippen LogP contribution in [0.5, 0.6) is 0 Å². The van der Waals surface area contributed by atoms with Gasteiger partial charge in [-0.2, -0.15) is 0 Å². The zero-order chi connectivity index (χ0) is 26.3. The Balaban J connectivity index is 1.19. The second kappa shape index (κ2) is 12.1. The molecule has 0 atom stereocenters. The molecule has 6 nitrogen and oxygen atoms in total. The zero-order valence-electron chi connectivity index (χ0n) is 21.3. The molecule has 0 spiro atoms. The van der Waals surface area contributed by atoms with Gasteiger partial charge in [0.2, 0.25) is 0 Å². The third-order valence-corrected chi connectivity index (χ3v) is 7.39. The van der Waals surface area contributed by atoms with Crippen molar-refractivity contribution in [1.29, 1.82) is 0 Å². The lowest BCUT2D eigenvalue weighted by molar-refractivity contribution is 0.0951. The Labute approximate surface area is 226 Å². The van der Waals surface area contributed by atoms with Crippen LogP contribution in [0.3, 0.4) is 0 Å². The molecule has 2 heterocycles. The summed E-state index contributed by atoms with van der Waals surface area (Å²) in [5.74, 6) is 1.27. The third-order valence-electron chi connectivity index (χ3n) is 6.47. The van der Waals surface area contributed by atoms with Crippen LogP contribution in [0.4, 0.5) is 15.9 Å². The van der Waals surface area contributed by atoms with Gasteiger partial charge in [0, 0.05) is 55.8 Å². The quantitative estimate of drug-likeness (QED) is 0.242. The lowest BCUT2D eigenvalue weighted by Gasteiger charge is -2.37. The highest BCUT2D eigenvalue weighted by Crippen LogP contribution is 2.26. The SMILES string of the molecule is Cc1cc(N2CCN(c3ccccc3F)CC2)nc(SCc2cccc(C(=O)NCc3ccccc3)c2)n1. The van der Waals surface area contributed by atoms with Crippen molar-refractivity contribution in [3.8, 4) is 0 Å². The number of aryl methyl sites for hydroxylation is 1. The number of piperazine rings is 1. The molecule has 1 fully saturated rings. The number of anilines is 2. The molecule has 38 heavy (non-hydrogen) atoms. The summed E-state index contributed by atoms with van der Waals surface area (Å²) in [6.07, 6.45) is 0. The van der Waals surface area contributed by atoms with Crippen molar-refractivity contribution in [2.45, 2.75) is 24.4 Å². The number of para-hydroxylation sites is 1. The van der Waals surface area contributed by atoms with Gasteiger partial charge in [-0.1, -0.05) is 66.4 Å². The van der Waals surface area contributed by atoms with Crippen LogP contribution >= 0.6 is 11.8 Å². The third kappa shape index (κ3) is 6.50. The minimum atomic E-state index is -0.185. The number of thioether (sulfide) groups is 1.